The number of amides is 1. The fourth-order valence-corrected chi connectivity index (χ4v) is 4.45. The number of aliphatic hydroxyl groups is 1. The molecule has 0 unspecified atom stereocenters. The molecule has 0 spiro atoms. The van der Waals surface area contributed by atoms with Crippen molar-refractivity contribution in [2.75, 3.05) is 19.0 Å². The van der Waals surface area contributed by atoms with Crippen molar-refractivity contribution >= 4 is 28.5 Å². The molecule has 11 heteroatoms. The average molecular weight is 490 g/mol. The van der Waals surface area contributed by atoms with Crippen LogP contribution in [0.5, 0.6) is 0 Å². The van der Waals surface area contributed by atoms with E-state index in [1.165, 1.54) is 13.2 Å². The summed E-state index contributed by atoms with van der Waals surface area (Å²) in [5.41, 5.74) is -0.995. The lowest BCUT2D eigenvalue weighted by atomic mass is 9.84. The number of halogens is 3. The molecule has 2 N–H and O–H groups in total. The Bertz CT molecular complexity index is 1230. The first kappa shape index (κ1) is 24.6. The van der Waals surface area contributed by atoms with Crippen molar-refractivity contribution in [3.8, 4) is 0 Å². The molecule has 2 aromatic heterocycles. The molecule has 1 aliphatic carbocycles. The van der Waals surface area contributed by atoms with Crippen molar-refractivity contribution in [1.82, 2.24) is 14.8 Å². The summed E-state index contributed by atoms with van der Waals surface area (Å²) in [6.07, 6.45) is 1.71. The number of alkyl halides is 3. The van der Waals surface area contributed by atoms with Crippen LogP contribution in [0.4, 0.5) is 18.9 Å². The number of pyridine rings is 1. The second kappa shape index (κ2) is 10.0. The van der Waals surface area contributed by atoms with E-state index in [2.05, 4.69) is 15.4 Å². The summed E-state index contributed by atoms with van der Waals surface area (Å²) < 4.78 is 45.6. The fourth-order valence-electron chi connectivity index (χ4n) is 4.45. The van der Waals surface area contributed by atoms with Crippen molar-refractivity contribution in [2.45, 2.75) is 44.3 Å². The minimum atomic E-state index is -4.70. The van der Waals surface area contributed by atoms with Crippen LogP contribution < -0.4 is 5.32 Å². The number of rotatable bonds is 6. The van der Waals surface area contributed by atoms with E-state index in [0.29, 0.717) is 16.8 Å². The number of aromatic nitrogens is 3. The highest BCUT2D eigenvalue weighted by Crippen LogP contribution is 2.35. The van der Waals surface area contributed by atoms with Gasteiger partial charge >= 0.3 is 12.1 Å². The van der Waals surface area contributed by atoms with E-state index in [1.807, 2.05) is 10.9 Å². The SMILES string of the molecule is COC(=O)c1cc2nn([C@H]3CC[C@H](CCO)CC3)cc2cc1NC(=O)c1cccc(C(F)(F)F)n1. The fraction of sp³-hybridized carbons (Fsp3) is 0.417. The Labute approximate surface area is 199 Å². The number of carbonyl (C=O) groups excluding carboxylic acids is 2. The monoisotopic (exact) mass is 490 g/mol. The molecule has 0 aliphatic heterocycles. The Morgan fingerprint density at radius 1 is 1.20 bits per heavy atom. The molecule has 2 heterocycles. The highest BCUT2D eigenvalue weighted by Gasteiger charge is 2.33. The van der Waals surface area contributed by atoms with Gasteiger partial charge in [0.15, 0.2) is 0 Å². The van der Waals surface area contributed by atoms with Gasteiger partial charge in [-0.05, 0) is 62.3 Å². The zero-order chi connectivity index (χ0) is 25.2. The molecule has 0 bridgehead atoms. The first-order valence-corrected chi connectivity index (χ1v) is 11.3. The molecule has 0 radical (unpaired) electrons. The summed E-state index contributed by atoms with van der Waals surface area (Å²) in [6.45, 7) is 0.182. The van der Waals surface area contributed by atoms with Crippen LogP contribution in [0, 0.1) is 5.92 Å². The number of nitrogens with one attached hydrogen (secondary N) is 1. The second-order valence-corrected chi connectivity index (χ2v) is 8.60. The van der Waals surface area contributed by atoms with Gasteiger partial charge in [0.05, 0.1) is 29.9 Å². The van der Waals surface area contributed by atoms with Gasteiger partial charge in [0.2, 0.25) is 0 Å². The van der Waals surface area contributed by atoms with Gasteiger partial charge in [0.1, 0.15) is 11.4 Å². The lowest BCUT2D eigenvalue weighted by Crippen LogP contribution is -2.19. The minimum Gasteiger partial charge on any atom is -0.465 e. The lowest BCUT2D eigenvalue weighted by Gasteiger charge is -2.28. The van der Waals surface area contributed by atoms with Gasteiger partial charge in [-0.15, -0.1) is 0 Å². The van der Waals surface area contributed by atoms with Crippen molar-refractivity contribution in [1.29, 1.82) is 0 Å². The van der Waals surface area contributed by atoms with E-state index in [9.17, 15) is 22.8 Å². The van der Waals surface area contributed by atoms with Crippen molar-refractivity contribution in [3.05, 3.63) is 53.5 Å². The molecule has 35 heavy (non-hydrogen) atoms. The Hall–Kier alpha value is -3.47. The van der Waals surface area contributed by atoms with Gasteiger partial charge in [0, 0.05) is 18.2 Å². The quantitative estimate of drug-likeness (QED) is 0.489. The number of anilines is 1. The van der Waals surface area contributed by atoms with E-state index in [1.54, 1.807) is 6.07 Å². The third kappa shape index (κ3) is 5.45. The van der Waals surface area contributed by atoms with Crippen LogP contribution in [0.1, 0.15) is 64.7 Å². The van der Waals surface area contributed by atoms with E-state index >= 15 is 0 Å². The summed E-state index contributed by atoms with van der Waals surface area (Å²) in [4.78, 5) is 28.5. The van der Waals surface area contributed by atoms with Crippen molar-refractivity contribution in [2.24, 2.45) is 5.92 Å². The Morgan fingerprint density at radius 2 is 1.94 bits per heavy atom. The molecule has 4 rings (SSSR count). The van der Waals surface area contributed by atoms with Crippen molar-refractivity contribution < 1.29 is 32.6 Å². The predicted octanol–water partition coefficient (Wildman–Crippen LogP) is 4.60. The van der Waals surface area contributed by atoms with Crippen molar-refractivity contribution in [3.63, 3.8) is 0 Å². The first-order valence-electron chi connectivity index (χ1n) is 11.3. The number of esters is 1. The molecule has 1 fully saturated rings. The number of nitrogens with zero attached hydrogens (tertiary/aromatic N) is 3. The predicted molar refractivity (Wildman–Crippen MR) is 121 cm³/mol. The molecule has 3 aromatic rings. The summed E-state index contributed by atoms with van der Waals surface area (Å²) in [7, 11) is 1.19. The Morgan fingerprint density at radius 3 is 2.60 bits per heavy atom. The maximum atomic E-state index is 13.0. The number of hydrogen-bond acceptors (Lipinski definition) is 6. The van der Waals surface area contributed by atoms with Gasteiger partial charge in [-0.3, -0.25) is 9.48 Å². The summed E-state index contributed by atoms with van der Waals surface area (Å²) in [5.74, 6) is -1.12. The molecule has 1 aliphatic rings. The largest absolute Gasteiger partial charge is 0.465 e. The van der Waals surface area contributed by atoms with Gasteiger partial charge < -0.3 is 15.2 Å². The number of aliphatic hydroxyl groups excluding tert-OH is 1. The minimum absolute atomic E-state index is 0.0252. The second-order valence-electron chi connectivity index (χ2n) is 8.60. The van der Waals surface area contributed by atoms with Crippen LogP contribution in [0.3, 0.4) is 0 Å². The molecule has 1 aromatic carbocycles. The number of carbonyl (C=O) groups is 2. The van der Waals surface area contributed by atoms with Gasteiger partial charge in [-0.25, -0.2) is 9.78 Å². The highest BCUT2D eigenvalue weighted by atomic mass is 19.4. The van der Waals surface area contributed by atoms with Crippen LogP contribution >= 0.6 is 0 Å². The van der Waals surface area contributed by atoms with Gasteiger partial charge in [0.25, 0.3) is 5.91 Å². The maximum Gasteiger partial charge on any atom is 0.433 e. The normalized spacial score (nSPS) is 18.4. The number of benzene rings is 1. The topological polar surface area (TPSA) is 106 Å². The lowest BCUT2D eigenvalue weighted by molar-refractivity contribution is -0.141. The summed E-state index contributed by atoms with van der Waals surface area (Å²) >= 11 is 0. The molecule has 8 nitrogen and oxygen atoms in total. The van der Waals surface area contributed by atoms with E-state index in [-0.39, 0.29) is 23.9 Å². The number of ether oxygens (including phenoxy) is 1. The first-order chi connectivity index (χ1) is 16.7. The third-order valence-electron chi connectivity index (χ3n) is 6.31. The van der Waals surface area contributed by atoms with E-state index in [0.717, 1.165) is 50.3 Å². The van der Waals surface area contributed by atoms with E-state index in [4.69, 9.17) is 9.84 Å². The van der Waals surface area contributed by atoms with Gasteiger partial charge in [-0.1, -0.05) is 6.07 Å². The molecular formula is C24H25F3N4O4. The zero-order valence-electron chi connectivity index (χ0n) is 19.0. The zero-order valence-corrected chi connectivity index (χ0v) is 19.0. The Kier molecular flexibility index (Phi) is 7.06. The van der Waals surface area contributed by atoms with E-state index < -0.39 is 29.4 Å². The van der Waals surface area contributed by atoms with Gasteiger partial charge in [-0.2, -0.15) is 18.3 Å². The number of hydrogen-bond donors (Lipinski definition) is 2. The average Bonchev–Trinajstić information content (AvgIpc) is 3.26. The van der Waals surface area contributed by atoms with Crippen LogP contribution in [-0.2, 0) is 10.9 Å². The number of fused-ring (bicyclic) bond motifs is 1. The molecule has 0 saturated heterocycles. The maximum absolute atomic E-state index is 13.0. The Balaban J connectivity index is 1.62. The number of methoxy groups -OCH3 is 1. The molecule has 186 valence electrons. The summed E-state index contributed by atoms with van der Waals surface area (Å²) in [6, 6.07) is 6.24. The summed E-state index contributed by atoms with van der Waals surface area (Å²) in [5, 5.41) is 16.9. The smallest absolute Gasteiger partial charge is 0.433 e. The van der Waals surface area contributed by atoms with Crippen LogP contribution in [0.25, 0.3) is 10.9 Å². The molecule has 1 amide bonds. The van der Waals surface area contributed by atoms with Crippen LogP contribution in [0.15, 0.2) is 36.5 Å². The molecule has 1 saturated carbocycles. The molecule has 0 atom stereocenters. The highest BCUT2D eigenvalue weighted by molar-refractivity contribution is 6.09. The van der Waals surface area contributed by atoms with Crippen LogP contribution in [-0.4, -0.2) is 45.5 Å². The third-order valence-corrected chi connectivity index (χ3v) is 6.31. The molecular weight excluding hydrogens is 465 g/mol. The standard InChI is InChI=1S/C24H25F3N4O4/c1-35-23(34)17-12-19-15(13-31(30-19)16-7-5-14(6-8-16)9-10-32)11-20(17)29-22(33)18-3-2-4-21(28-18)24(25,26)27/h2-4,11-14,16,32H,5-10H2,1H3,(H,29,33)/t14-,16-. The van der Waals surface area contributed by atoms with Crippen LogP contribution in [0.2, 0.25) is 0 Å².